The van der Waals surface area contributed by atoms with Crippen molar-refractivity contribution in [2.45, 2.75) is 19.4 Å². The van der Waals surface area contributed by atoms with Crippen LogP contribution < -0.4 is 34.5 Å². The normalized spacial score (nSPS) is 13.8. The van der Waals surface area contributed by atoms with Crippen molar-refractivity contribution in [2.75, 3.05) is 20.7 Å². The van der Waals surface area contributed by atoms with Crippen molar-refractivity contribution in [3.05, 3.63) is 156 Å². The minimum absolute atomic E-state index is 0.205. The van der Waals surface area contributed by atoms with E-state index in [1.165, 1.54) is 21.1 Å². The van der Waals surface area contributed by atoms with Crippen LogP contribution in [0, 0.1) is 0 Å². The molecular formula is C40H39N9O5+4. The molecule has 270 valence electrons. The Bertz CT molecular complexity index is 2400. The monoisotopic (exact) mass is 725 g/mol. The van der Waals surface area contributed by atoms with Crippen molar-refractivity contribution in [3.8, 4) is 11.4 Å². The first-order chi connectivity index (χ1) is 26.1. The molecule has 0 aliphatic carbocycles. The molecule has 14 nitrogen and oxygen atoms in total. The predicted octanol–water partition coefficient (Wildman–Crippen LogP) is 0.986. The average molecular weight is 726 g/mol. The molecule has 2 aliphatic rings. The second-order valence-electron chi connectivity index (χ2n) is 12.3. The van der Waals surface area contributed by atoms with Crippen molar-refractivity contribution < 1.29 is 42.6 Å². The van der Waals surface area contributed by atoms with Crippen LogP contribution in [0.15, 0.2) is 145 Å². The highest BCUT2D eigenvalue weighted by Gasteiger charge is 2.28. The largest absolute Gasteiger partial charge is 0.462 e. The first-order valence-corrected chi connectivity index (χ1v) is 17.1. The fourth-order valence-electron chi connectivity index (χ4n) is 5.38. The van der Waals surface area contributed by atoms with Gasteiger partial charge in [0.05, 0.1) is 13.0 Å². The minimum Gasteiger partial charge on any atom is -0.462 e. The molecule has 4 aromatic rings. The predicted molar refractivity (Wildman–Crippen MR) is 194 cm³/mol. The van der Waals surface area contributed by atoms with E-state index in [0.717, 1.165) is 21.6 Å². The summed E-state index contributed by atoms with van der Waals surface area (Å²) in [4.78, 5) is 62.2. The number of nitrogens with one attached hydrogen (secondary N) is 3. The lowest BCUT2D eigenvalue weighted by atomic mass is 10.1. The first-order valence-electron chi connectivity index (χ1n) is 17.1. The summed E-state index contributed by atoms with van der Waals surface area (Å²) in [5, 5.41) is 12.8. The van der Waals surface area contributed by atoms with Crippen LogP contribution in [0.1, 0.15) is 34.1 Å². The maximum absolute atomic E-state index is 13.6. The Labute approximate surface area is 310 Å². The molecule has 0 bridgehead atoms. The van der Waals surface area contributed by atoms with Gasteiger partial charge in [-0.05, 0) is 64.9 Å². The van der Waals surface area contributed by atoms with Crippen molar-refractivity contribution in [3.63, 3.8) is 0 Å². The third kappa shape index (κ3) is 9.36. The maximum Gasteiger partial charge on any atom is 0.344 e. The van der Waals surface area contributed by atoms with E-state index in [0.29, 0.717) is 17.0 Å². The fraction of sp³-hybridized carbons (Fsp3) is 0.150. The smallest absolute Gasteiger partial charge is 0.344 e. The van der Waals surface area contributed by atoms with Gasteiger partial charge in [0.2, 0.25) is 24.8 Å². The van der Waals surface area contributed by atoms with E-state index in [-0.39, 0.29) is 12.2 Å². The van der Waals surface area contributed by atoms with Gasteiger partial charge in [-0.25, -0.2) is 14.8 Å². The maximum atomic E-state index is 13.6. The molecule has 0 saturated carbocycles. The van der Waals surface area contributed by atoms with Gasteiger partial charge >= 0.3 is 17.8 Å². The Balaban J connectivity index is 1.22. The molecule has 3 N–H and O–H groups in total. The Hall–Kier alpha value is -7.22. The van der Waals surface area contributed by atoms with Crippen molar-refractivity contribution >= 4 is 34.8 Å². The standard InChI is InChI=1S/C40H36N9O5/c1-4-54-40(53)33-6-8-35(42-27-33)34-7-5-32(26-41-34)38(51)43-36(39(52)45-49-23-15-31(16-24-49)29-11-19-47(3)20-12-29)25-37(50)44-48-21-13-30(14-22-48)28-9-17-46(2)18-10-28/h5-24,26-27,36H,4,25H2,1-3H3/q+1/p+3. The summed E-state index contributed by atoms with van der Waals surface area (Å²) in [6.45, 7) is 2.00. The molecule has 1 unspecified atom stereocenters. The Kier molecular flexibility index (Phi) is 11.4. The number of carbonyl (C=O) groups excluding carboxylic acids is 4. The molecule has 0 aromatic carbocycles. The second-order valence-corrected chi connectivity index (χ2v) is 12.3. The fourth-order valence-corrected chi connectivity index (χ4v) is 5.38. The van der Waals surface area contributed by atoms with Gasteiger partial charge in [-0.2, -0.15) is 0 Å². The number of H-pyrrole nitrogens is 2. The third-order valence-corrected chi connectivity index (χ3v) is 8.36. The molecule has 0 radical (unpaired) electrons. The molecule has 1 atom stereocenters. The summed E-state index contributed by atoms with van der Waals surface area (Å²) < 4.78 is 7.72. The number of hydrogen-bond acceptors (Lipinski definition) is 7. The number of allylic oxidation sites excluding steroid dienone is 4. The van der Waals surface area contributed by atoms with Gasteiger partial charge in [0.25, 0.3) is 17.3 Å². The number of ether oxygens (including phenoxy) is 1. The number of aromatic amines is 2. The van der Waals surface area contributed by atoms with E-state index in [9.17, 15) is 19.2 Å². The molecule has 3 amide bonds. The van der Waals surface area contributed by atoms with E-state index >= 15 is 0 Å². The highest BCUT2D eigenvalue weighted by molar-refractivity contribution is 5.98. The number of pyridine rings is 4. The number of amides is 3. The van der Waals surface area contributed by atoms with Crippen molar-refractivity contribution in [2.24, 2.45) is 10.2 Å². The Morgan fingerprint density at radius 2 is 1.19 bits per heavy atom. The summed E-state index contributed by atoms with van der Waals surface area (Å²) in [5.74, 6) is -2.43. The molecule has 0 spiro atoms. The summed E-state index contributed by atoms with van der Waals surface area (Å²) in [6.07, 6.45) is 24.7. The van der Waals surface area contributed by atoms with Crippen molar-refractivity contribution in [1.29, 1.82) is 0 Å². The highest BCUT2D eigenvalue weighted by atomic mass is 16.5. The van der Waals surface area contributed by atoms with Gasteiger partial charge in [0.15, 0.2) is 12.4 Å². The van der Waals surface area contributed by atoms with Crippen LogP contribution in [0.4, 0.5) is 0 Å². The van der Waals surface area contributed by atoms with Crippen molar-refractivity contribution in [1.82, 2.24) is 15.1 Å². The lowest BCUT2D eigenvalue weighted by Gasteiger charge is -2.11. The third-order valence-electron chi connectivity index (χ3n) is 8.36. The topological polar surface area (TPSA) is 161 Å². The Morgan fingerprint density at radius 3 is 1.65 bits per heavy atom. The zero-order valence-corrected chi connectivity index (χ0v) is 29.9. The molecule has 0 saturated heterocycles. The minimum atomic E-state index is -1.33. The molecule has 6 rings (SSSR count). The van der Waals surface area contributed by atoms with E-state index in [2.05, 4.69) is 25.5 Å². The average Bonchev–Trinajstić information content (AvgIpc) is 3.19. The first kappa shape index (κ1) is 36.6. The van der Waals surface area contributed by atoms with E-state index in [1.807, 2.05) is 97.3 Å². The molecular weight excluding hydrogens is 686 g/mol. The number of aromatic nitrogens is 4. The highest BCUT2D eigenvalue weighted by Crippen LogP contribution is 2.11. The van der Waals surface area contributed by atoms with Crippen LogP contribution >= 0.6 is 0 Å². The number of esters is 1. The van der Waals surface area contributed by atoms with Gasteiger partial charge in [-0.3, -0.25) is 14.4 Å². The second kappa shape index (κ2) is 16.9. The van der Waals surface area contributed by atoms with Gasteiger partial charge in [-0.15, -0.1) is 0 Å². The molecule has 2 aliphatic heterocycles. The molecule has 54 heavy (non-hydrogen) atoms. The summed E-state index contributed by atoms with van der Waals surface area (Å²) in [7, 11) is 3.87. The lowest BCUT2D eigenvalue weighted by molar-refractivity contribution is -0.543. The van der Waals surface area contributed by atoms with Gasteiger partial charge in [0, 0.05) is 85.5 Å². The molecule has 14 heteroatoms. The number of hydrogen-bond donors (Lipinski definition) is 1. The van der Waals surface area contributed by atoms with Gasteiger partial charge < -0.3 is 19.9 Å². The Morgan fingerprint density at radius 1 is 0.704 bits per heavy atom. The van der Waals surface area contributed by atoms with Gasteiger partial charge in [-0.1, -0.05) is 8.73 Å². The van der Waals surface area contributed by atoms with E-state index in [1.54, 1.807) is 56.0 Å². The summed E-state index contributed by atoms with van der Waals surface area (Å²) >= 11 is 0. The van der Waals surface area contributed by atoms with Crippen LogP contribution in [0.2, 0.25) is 0 Å². The molecule has 0 fully saturated rings. The van der Waals surface area contributed by atoms with Crippen LogP contribution in [0.3, 0.4) is 0 Å². The van der Waals surface area contributed by atoms with E-state index < -0.39 is 36.2 Å². The number of rotatable bonds is 8. The molecule has 4 aromatic heterocycles. The van der Waals surface area contributed by atoms with Crippen LogP contribution in [-0.2, 0) is 14.3 Å². The SMILES string of the molecule is CCOC(=O)c1ccc(-c2ccc(C(=O)NC(CC(=O)N=[n+]3ccc(=C4C=CN(C)C=C4)cc3)C(=O)N=[n+]3ccc(=C4C=CN(C)C=C4)cc3)c[nH+]2)[nH+]c1. The lowest BCUT2D eigenvalue weighted by Crippen LogP contribution is -2.43. The molecule has 6 heterocycles. The number of carbonyl (C=O) groups is 4. The van der Waals surface area contributed by atoms with Gasteiger partial charge in [0.1, 0.15) is 17.2 Å². The van der Waals surface area contributed by atoms with Crippen LogP contribution in [0.25, 0.3) is 22.5 Å². The summed E-state index contributed by atoms with van der Waals surface area (Å²) in [5.41, 5.74) is 3.85. The van der Waals surface area contributed by atoms with E-state index in [4.69, 9.17) is 4.74 Å². The zero-order valence-electron chi connectivity index (χ0n) is 29.9. The summed E-state index contributed by atoms with van der Waals surface area (Å²) in [6, 6.07) is 12.5. The van der Waals surface area contributed by atoms with Crippen LogP contribution in [-0.4, -0.2) is 60.2 Å². The quantitative estimate of drug-likeness (QED) is 0.209. The number of nitrogens with zero attached hydrogens (tertiary/aromatic N) is 6. The zero-order chi connectivity index (χ0) is 38.0. The van der Waals surface area contributed by atoms with Crippen LogP contribution in [0.5, 0.6) is 0 Å².